The lowest BCUT2D eigenvalue weighted by Gasteiger charge is -2.31. The molecule has 0 saturated carbocycles. The minimum Gasteiger partial charge on any atom is -0.490 e. The largest absolute Gasteiger partial charge is 0.490 e. The summed E-state index contributed by atoms with van der Waals surface area (Å²) in [5.74, 6) is -3.26. The van der Waals surface area contributed by atoms with E-state index in [1.165, 1.54) is 24.4 Å². The van der Waals surface area contributed by atoms with Crippen molar-refractivity contribution in [2.75, 3.05) is 36.2 Å². The number of amidine groups is 1. The Morgan fingerprint density at radius 3 is 2.45 bits per heavy atom. The molecule has 0 spiro atoms. The van der Waals surface area contributed by atoms with Gasteiger partial charge in [-0.25, -0.2) is 12.8 Å². The monoisotopic (exact) mass is 567 g/mol. The summed E-state index contributed by atoms with van der Waals surface area (Å²) in [7, 11) is -4.40. The topological polar surface area (TPSA) is 161 Å². The first-order valence-corrected chi connectivity index (χ1v) is 13.2. The average Bonchev–Trinajstić information content (AvgIpc) is 2.84. The fourth-order valence-corrected chi connectivity index (χ4v) is 5.20. The van der Waals surface area contributed by atoms with Gasteiger partial charge in [-0.15, -0.1) is 12.4 Å². The number of sulfonamides is 1. The van der Waals surface area contributed by atoms with Crippen LogP contribution in [0.1, 0.15) is 24.0 Å². The second kappa shape index (κ2) is 13.9. The standard InChI is InChI=1S/C25H30FN5O5S.ClH/c26-20(15-18-2-1-3-19(14-18)25(28)29)16-31(37(34,35)17-24(32)33)21-4-6-22(7-5-21)36-23-8-11-30(12-9-23)13-10-27;/h1-7,10,14-15,23,27H,8-9,11-13,16-17H2,(H3,28,29)(H,32,33);1H. The van der Waals surface area contributed by atoms with Crippen molar-refractivity contribution in [3.63, 3.8) is 0 Å². The molecule has 3 rings (SSSR count). The predicted molar refractivity (Wildman–Crippen MR) is 148 cm³/mol. The molecule has 0 radical (unpaired) electrons. The number of benzene rings is 2. The van der Waals surface area contributed by atoms with E-state index in [-0.39, 0.29) is 30.0 Å². The van der Waals surface area contributed by atoms with Crippen LogP contribution in [0.3, 0.4) is 0 Å². The number of carboxylic acids is 1. The molecule has 5 N–H and O–H groups in total. The molecule has 0 atom stereocenters. The molecular weight excluding hydrogens is 537 g/mol. The summed E-state index contributed by atoms with van der Waals surface area (Å²) in [6.07, 6.45) is 4.03. The quantitative estimate of drug-likeness (QED) is 0.226. The van der Waals surface area contributed by atoms with Crippen LogP contribution in [0.5, 0.6) is 5.75 Å². The van der Waals surface area contributed by atoms with Gasteiger partial charge in [-0.3, -0.25) is 19.4 Å². The highest BCUT2D eigenvalue weighted by Gasteiger charge is 2.27. The Labute approximate surface area is 227 Å². The third-order valence-corrected chi connectivity index (χ3v) is 7.39. The number of hydrogen-bond donors (Lipinski definition) is 4. The van der Waals surface area contributed by atoms with Gasteiger partial charge >= 0.3 is 5.97 Å². The summed E-state index contributed by atoms with van der Waals surface area (Å²) in [5.41, 5.74) is 6.32. The Morgan fingerprint density at radius 2 is 1.87 bits per heavy atom. The number of aliphatic carboxylic acids is 1. The van der Waals surface area contributed by atoms with Crippen molar-refractivity contribution in [2.45, 2.75) is 18.9 Å². The molecule has 0 aliphatic carbocycles. The second-order valence-corrected chi connectivity index (χ2v) is 10.5. The van der Waals surface area contributed by atoms with Crippen LogP contribution in [0.15, 0.2) is 54.4 Å². The van der Waals surface area contributed by atoms with Crippen molar-refractivity contribution in [3.05, 3.63) is 65.5 Å². The van der Waals surface area contributed by atoms with Crippen LogP contribution in [-0.2, 0) is 14.8 Å². The highest BCUT2D eigenvalue weighted by Crippen LogP contribution is 2.26. The SMILES string of the molecule is Cl.N=CCN1CCC(Oc2ccc(N(CC(F)=Cc3cccc(C(=N)N)c3)S(=O)(=O)CC(=O)O)cc2)CC1. The molecule has 0 bridgehead atoms. The molecule has 0 amide bonds. The average molecular weight is 568 g/mol. The summed E-state index contributed by atoms with van der Waals surface area (Å²) in [5, 5.41) is 23.8. The van der Waals surface area contributed by atoms with Crippen molar-refractivity contribution in [1.29, 1.82) is 10.8 Å². The maximum atomic E-state index is 15.0. The van der Waals surface area contributed by atoms with Crippen molar-refractivity contribution in [3.8, 4) is 5.75 Å². The smallest absolute Gasteiger partial charge is 0.320 e. The highest BCUT2D eigenvalue weighted by molar-refractivity contribution is 7.93. The lowest BCUT2D eigenvalue weighted by atomic mass is 10.1. The highest BCUT2D eigenvalue weighted by atomic mass is 35.5. The Kier molecular flexibility index (Phi) is 11.2. The number of ether oxygens (including phenoxy) is 1. The normalized spacial score (nSPS) is 14.8. The van der Waals surface area contributed by atoms with Gasteiger partial charge in [-0.2, -0.15) is 0 Å². The van der Waals surface area contributed by atoms with Gasteiger partial charge in [0.05, 0.1) is 12.2 Å². The third-order valence-electron chi connectivity index (χ3n) is 5.77. The fraction of sp³-hybridized carbons (Fsp3) is 0.320. The number of hydrogen-bond acceptors (Lipinski definition) is 7. The van der Waals surface area contributed by atoms with Gasteiger partial charge in [-0.05, 0) is 54.8 Å². The van der Waals surface area contributed by atoms with Gasteiger partial charge < -0.3 is 21.0 Å². The number of carbonyl (C=O) groups is 1. The van der Waals surface area contributed by atoms with Crippen LogP contribution >= 0.6 is 12.4 Å². The van der Waals surface area contributed by atoms with Crippen LogP contribution in [0.25, 0.3) is 6.08 Å². The molecule has 1 aliphatic rings. The zero-order valence-corrected chi connectivity index (χ0v) is 22.2. The lowest BCUT2D eigenvalue weighted by molar-refractivity contribution is -0.134. The van der Waals surface area contributed by atoms with Crippen LogP contribution in [-0.4, -0.2) is 74.5 Å². The number of nitrogens with zero attached hydrogens (tertiary/aromatic N) is 2. The first kappa shape index (κ1) is 30.7. The van der Waals surface area contributed by atoms with E-state index < -0.39 is 34.1 Å². The number of carboxylic acid groups (broad SMARTS) is 1. The Hall–Kier alpha value is -3.48. The van der Waals surface area contributed by atoms with Gasteiger partial charge in [0.15, 0.2) is 5.75 Å². The van der Waals surface area contributed by atoms with Gasteiger partial charge in [0.2, 0.25) is 10.0 Å². The molecule has 0 aromatic heterocycles. The lowest BCUT2D eigenvalue weighted by Crippen LogP contribution is -2.39. The first-order chi connectivity index (χ1) is 17.6. The molecule has 1 fully saturated rings. The van der Waals surface area contributed by atoms with Gasteiger partial charge in [0.1, 0.15) is 23.5 Å². The van der Waals surface area contributed by atoms with E-state index in [0.29, 0.717) is 27.7 Å². The first-order valence-electron chi connectivity index (χ1n) is 11.6. The Morgan fingerprint density at radius 1 is 1.21 bits per heavy atom. The van der Waals surface area contributed by atoms with E-state index >= 15 is 0 Å². The summed E-state index contributed by atoms with van der Waals surface area (Å²) < 4.78 is 47.3. The molecule has 206 valence electrons. The maximum absolute atomic E-state index is 15.0. The van der Waals surface area contributed by atoms with E-state index in [9.17, 15) is 17.6 Å². The van der Waals surface area contributed by atoms with Crippen molar-refractivity contribution >= 4 is 52.2 Å². The zero-order chi connectivity index (χ0) is 27.0. The van der Waals surface area contributed by atoms with Gasteiger partial charge in [-0.1, -0.05) is 18.2 Å². The molecule has 38 heavy (non-hydrogen) atoms. The predicted octanol–water partition coefficient (Wildman–Crippen LogP) is 3.12. The molecule has 1 heterocycles. The molecule has 2 aromatic carbocycles. The number of nitrogen functional groups attached to an aromatic ring is 1. The van der Waals surface area contributed by atoms with Gasteiger partial charge in [0.25, 0.3) is 0 Å². The van der Waals surface area contributed by atoms with E-state index in [4.69, 9.17) is 26.4 Å². The molecule has 1 aliphatic heterocycles. The molecular formula is C25H31ClFN5O5S. The zero-order valence-electron chi connectivity index (χ0n) is 20.5. The molecule has 0 unspecified atom stereocenters. The Bertz CT molecular complexity index is 1270. The number of piperidine rings is 1. The molecule has 10 nitrogen and oxygen atoms in total. The number of halogens is 2. The van der Waals surface area contributed by atoms with Crippen LogP contribution < -0.4 is 14.8 Å². The van der Waals surface area contributed by atoms with Crippen LogP contribution in [0, 0.1) is 10.8 Å². The van der Waals surface area contributed by atoms with Crippen LogP contribution in [0.2, 0.25) is 0 Å². The van der Waals surface area contributed by atoms with E-state index in [2.05, 4.69) is 4.90 Å². The summed E-state index contributed by atoms with van der Waals surface area (Å²) >= 11 is 0. The molecule has 2 aromatic rings. The summed E-state index contributed by atoms with van der Waals surface area (Å²) in [6.45, 7) is 1.50. The minimum atomic E-state index is -4.40. The Balaban J connectivity index is 0.00000507. The number of likely N-dealkylation sites (tertiary alicyclic amines) is 1. The number of nitrogens with two attached hydrogens (primary N) is 1. The van der Waals surface area contributed by atoms with Crippen LogP contribution in [0.4, 0.5) is 10.1 Å². The third kappa shape index (κ3) is 8.82. The van der Waals surface area contributed by atoms with Gasteiger partial charge in [0, 0.05) is 31.4 Å². The number of rotatable bonds is 12. The minimum absolute atomic E-state index is 0. The van der Waals surface area contributed by atoms with Crippen molar-refractivity contribution in [2.24, 2.45) is 5.73 Å². The summed E-state index contributed by atoms with van der Waals surface area (Å²) in [6, 6.07) is 12.3. The molecule has 1 saturated heterocycles. The second-order valence-electron chi connectivity index (χ2n) is 8.60. The maximum Gasteiger partial charge on any atom is 0.320 e. The fourth-order valence-electron chi connectivity index (χ4n) is 3.97. The number of anilines is 1. The van der Waals surface area contributed by atoms with Crippen molar-refractivity contribution in [1.82, 2.24) is 4.90 Å². The van der Waals surface area contributed by atoms with E-state index in [1.54, 1.807) is 30.3 Å². The van der Waals surface area contributed by atoms with E-state index in [0.717, 1.165) is 32.0 Å². The number of nitrogens with one attached hydrogen (secondary N) is 2. The molecule has 13 heteroatoms. The van der Waals surface area contributed by atoms with E-state index in [1.807, 2.05) is 0 Å². The van der Waals surface area contributed by atoms with Crippen molar-refractivity contribution < 1.29 is 27.4 Å². The summed E-state index contributed by atoms with van der Waals surface area (Å²) in [4.78, 5) is 13.3.